The van der Waals surface area contributed by atoms with Gasteiger partial charge < -0.3 is 4.74 Å². The van der Waals surface area contributed by atoms with Crippen molar-refractivity contribution in [2.45, 2.75) is 11.3 Å². The molecule has 0 saturated heterocycles. The molecule has 0 aliphatic carbocycles. The van der Waals surface area contributed by atoms with Gasteiger partial charge in [0.25, 0.3) is 0 Å². The zero-order chi connectivity index (χ0) is 14.1. The van der Waals surface area contributed by atoms with Crippen LogP contribution >= 0.6 is 23.1 Å². The fourth-order valence-corrected chi connectivity index (χ4v) is 3.06. The minimum absolute atomic E-state index is 0.304. The van der Waals surface area contributed by atoms with Gasteiger partial charge in [-0.15, -0.1) is 11.3 Å². The lowest BCUT2D eigenvalue weighted by atomic mass is 10.2. The van der Waals surface area contributed by atoms with Gasteiger partial charge in [-0.2, -0.15) is 0 Å². The monoisotopic (exact) mass is 307 g/mol. The van der Waals surface area contributed by atoms with Gasteiger partial charge in [0.1, 0.15) is 22.6 Å². The van der Waals surface area contributed by atoms with E-state index >= 15 is 0 Å². The van der Waals surface area contributed by atoms with E-state index in [0.717, 1.165) is 9.04 Å². The van der Waals surface area contributed by atoms with Crippen molar-refractivity contribution in [1.82, 2.24) is 15.0 Å². The summed E-state index contributed by atoms with van der Waals surface area (Å²) in [6.07, 6.45) is 3.34. The molecule has 20 heavy (non-hydrogen) atoms. The molecule has 3 rings (SSSR count). The number of ether oxygens (including phenoxy) is 1. The van der Waals surface area contributed by atoms with Gasteiger partial charge in [0, 0.05) is 6.07 Å². The molecule has 0 unspecified atom stereocenters. The summed E-state index contributed by atoms with van der Waals surface area (Å²) in [4.78, 5) is 12.6. The molecular weight excluding hydrogens is 297 g/mol. The summed E-state index contributed by atoms with van der Waals surface area (Å²) in [5.41, 5.74) is 1.17. The molecule has 7 heteroatoms. The molecule has 0 amide bonds. The van der Waals surface area contributed by atoms with Crippen molar-refractivity contribution in [3.63, 3.8) is 0 Å². The maximum Gasteiger partial charge on any atom is 0.242 e. The molecule has 0 spiro atoms. The molecule has 0 fully saturated rings. The fourth-order valence-electron chi connectivity index (χ4n) is 1.62. The highest BCUT2D eigenvalue weighted by atomic mass is 32.2. The van der Waals surface area contributed by atoms with Crippen LogP contribution in [0.2, 0.25) is 0 Å². The summed E-state index contributed by atoms with van der Waals surface area (Å²) in [5, 5.41) is 0. The van der Waals surface area contributed by atoms with Crippen LogP contribution in [0.4, 0.5) is 4.39 Å². The van der Waals surface area contributed by atoms with Crippen LogP contribution in [0.3, 0.4) is 0 Å². The Bertz CT molecular complexity index is 775. The lowest BCUT2D eigenvalue weighted by Crippen LogP contribution is -1.91. The molecule has 1 aromatic carbocycles. The molecule has 0 N–H and O–H groups in total. The van der Waals surface area contributed by atoms with Crippen LogP contribution in [-0.4, -0.2) is 21.2 Å². The summed E-state index contributed by atoms with van der Waals surface area (Å²) in [6, 6.07) is 4.73. The quantitative estimate of drug-likeness (QED) is 0.683. The van der Waals surface area contributed by atoms with E-state index in [1.165, 1.54) is 35.5 Å². The van der Waals surface area contributed by atoms with Gasteiger partial charge in [0.2, 0.25) is 5.88 Å². The van der Waals surface area contributed by atoms with E-state index in [-0.39, 0.29) is 5.82 Å². The molecule has 0 bridgehead atoms. The summed E-state index contributed by atoms with van der Waals surface area (Å²) in [5.74, 6) is 0.505. The second-order valence-corrected chi connectivity index (χ2v) is 6.08. The Balaban J connectivity index is 2.01. The van der Waals surface area contributed by atoms with Crippen LogP contribution in [-0.2, 0) is 0 Å². The Morgan fingerprint density at radius 3 is 2.90 bits per heavy atom. The number of thiazole rings is 1. The minimum atomic E-state index is -0.304. The first kappa shape index (κ1) is 13.3. The predicted molar refractivity (Wildman–Crippen MR) is 78.2 cm³/mol. The van der Waals surface area contributed by atoms with Gasteiger partial charge in [-0.1, -0.05) is 17.8 Å². The Morgan fingerprint density at radius 1 is 1.30 bits per heavy atom. The molecule has 2 heterocycles. The molecule has 0 atom stereocenters. The Labute approximate surface area is 123 Å². The lowest BCUT2D eigenvalue weighted by molar-refractivity contribution is 0.463. The van der Waals surface area contributed by atoms with Crippen LogP contribution in [0.25, 0.3) is 10.3 Å². The van der Waals surface area contributed by atoms with Crippen LogP contribution in [0.5, 0.6) is 11.6 Å². The van der Waals surface area contributed by atoms with Crippen LogP contribution in [0, 0.1) is 12.7 Å². The first-order valence-corrected chi connectivity index (χ1v) is 7.81. The highest BCUT2D eigenvalue weighted by Gasteiger charge is 2.12. The molecule has 3 aromatic rings. The number of nitrogens with zero attached hydrogens (tertiary/aromatic N) is 3. The van der Waals surface area contributed by atoms with E-state index in [9.17, 15) is 4.39 Å². The third-order valence-electron chi connectivity index (χ3n) is 2.67. The molecule has 0 aliphatic rings. The van der Waals surface area contributed by atoms with E-state index in [1.807, 2.05) is 6.26 Å². The van der Waals surface area contributed by atoms with Crippen molar-refractivity contribution in [2.75, 3.05) is 6.26 Å². The average molecular weight is 307 g/mol. The maximum atomic E-state index is 13.5. The second-order valence-electron chi connectivity index (χ2n) is 4.03. The van der Waals surface area contributed by atoms with Gasteiger partial charge >= 0.3 is 0 Å². The number of aryl methyl sites for hydroxylation is 1. The van der Waals surface area contributed by atoms with Crippen molar-refractivity contribution in [1.29, 1.82) is 0 Å². The fraction of sp³-hybridized carbons (Fsp3) is 0.154. The summed E-state index contributed by atoms with van der Waals surface area (Å²) in [6.45, 7) is 1.70. The van der Waals surface area contributed by atoms with Gasteiger partial charge in [-0.25, -0.2) is 19.3 Å². The average Bonchev–Trinajstić information content (AvgIpc) is 2.87. The van der Waals surface area contributed by atoms with Crippen molar-refractivity contribution in [2.24, 2.45) is 0 Å². The summed E-state index contributed by atoms with van der Waals surface area (Å²) >= 11 is 3.00. The summed E-state index contributed by atoms with van der Waals surface area (Å²) in [7, 11) is 0. The number of benzene rings is 1. The molecule has 0 aliphatic heterocycles. The van der Waals surface area contributed by atoms with Crippen molar-refractivity contribution in [3.05, 3.63) is 35.9 Å². The van der Waals surface area contributed by atoms with E-state index in [1.54, 1.807) is 19.1 Å². The molecule has 2 aromatic heterocycles. The zero-order valence-corrected chi connectivity index (χ0v) is 12.4. The van der Waals surface area contributed by atoms with Crippen LogP contribution in [0.15, 0.2) is 28.9 Å². The molecule has 0 saturated carbocycles. The predicted octanol–water partition coefficient (Wildman–Crippen LogP) is 4.05. The van der Waals surface area contributed by atoms with E-state index in [0.29, 0.717) is 22.8 Å². The molecule has 102 valence electrons. The number of rotatable bonds is 3. The normalized spacial score (nSPS) is 10.9. The standard InChI is InChI=1S/C13H10FN3OS2/c1-7-3-4-8(5-9(7)14)18-12-10-11(15-6-16-12)17-13(19-2)20-10/h3-6H,1-2H3. The van der Waals surface area contributed by atoms with Crippen LogP contribution < -0.4 is 4.74 Å². The number of aromatic nitrogens is 3. The summed E-state index contributed by atoms with van der Waals surface area (Å²) < 4.78 is 20.8. The topological polar surface area (TPSA) is 47.9 Å². The SMILES string of the molecule is CSc1nc2ncnc(Oc3ccc(C)c(F)c3)c2s1. The number of hydrogen-bond acceptors (Lipinski definition) is 6. The van der Waals surface area contributed by atoms with E-state index in [2.05, 4.69) is 15.0 Å². The van der Waals surface area contributed by atoms with Gasteiger partial charge in [-0.05, 0) is 24.8 Å². The van der Waals surface area contributed by atoms with Gasteiger partial charge in [0.15, 0.2) is 9.99 Å². The highest BCUT2D eigenvalue weighted by Crippen LogP contribution is 2.34. The first-order valence-electron chi connectivity index (χ1n) is 5.77. The maximum absolute atomic E-state index is 13.5. The molecular formula is C13H10FN3OS2. The smallest absolute Gasteiger partial charge is 0.242 e. The largest absolute Gasteiger partial charge is 0.437 e. The minimum Gasteiger partial charge on any atom is -0.437 e. The van der Waals surface area contributed by atoms with Crippen molar-refractivity contribution < 1.29 is 9.13 Å². The van der Waals surface area contributed by atoms with Gasteiger partial charge in [-0.3, -0.25) is 0 Å². The van der Waals surface area contributed by atoms with Crippen LogP contribution in [0.1, 0.15) is 5.56 Å². The molecule has 0 radical (unpaired) electrons. The lowest BCUT2D eigenvalue weighted by Gasteiger charge is -2.05. The van der Waals surface area contributed by atoms with Crippen molar-refractivity contribution in [3.8, 4) is 11.6 Å². The number of fused-ring (bicyclic) bond motifs is 1. The number of hydrogen-bond donors (Lipinski definition) is 0. The molecule has 4 nitrogen and oxygen atoms in total. The Hall–Kier alpha value is -1.73. The third-order valence-corrected chi connectivity index (χ3v) is 4.69. The Kier molecular flexibility index (Phi) is 3.54. The van der Waals surface area contributed by atoms with Crippen molar-refractivity contribution >= 4 is 33.4 Å². The van der Waals surface area contributed by atoms with E-state index < -0.39 is 0 Å². The second kappa shape index (κ2) is 5.34. The highest BCUT2D eigenvalue weighted by molar-refractivity contribution is 8.00. The van der Waals surface area contributed by atoms with E-state index in [4.69, 9.17) is 4.74 Å². The van der Waals surface area contributed by atoms with Gasteiger partial charge in [0.05, 0.1) is 0 Å². The first-order chi connectivity index (χ1) is 9.67. The number of halogens is 1. The third kappa shape index (κ3) is 2.46. The zero-order valence-electron chi connectivity index (χ0n) is 10.8. The number of thioether (sulfide) groups is 1. The Morgan fingerprint density at radius 2 is 2.15 bits per heavy atom.